The lowest BCUT2D eigenvalue weighted by molar-refractivity contribution is 0.301. The topological polar surface area (TPSA) is 43.8 Å². The average molecular weight is 200 g/mol. The highest BCUT2D eigenvalue weighted by Crippen LogP contribution is 2.29. The second-order valence-electron chi connectivity index (χ2n) is 3.68. The molecule has 0 bridgehead atoms. The monoisotopic (exact) mass is 199 g/mol. The minimum Gasteiger partial charge on any atom is -0.328 e. The van der Waals surface area contributed by atoms with E-state index in [9.17, 15) is 0 Å². The Morgan fingerprint density at radius 3 is 3.00 bits per heavy atom. The van der Waals surface area contributed by atoms with Gasteiger partial charge in [-0.05, 0) is 31.7 Å². The minimum absolute atomic E-state index is 0.319. The summed E-state index contributed by atoms with van der Waals surface area (Å²) in [5.41, 5.74) is 5.90. The van der Waals surface area contributed by atoms with Crippen molar-refractivity contribution in [3.8, 4) is 0 Å². The summed E-state index contributed by atoms with van der Waals surface area (Å²) < 4.78 is 1.89. The standard InChI is InChI=1S/C9H14ClN3/c10-9-4-5-12-13(9)8-3-1-2-7(11)6-8/h4-5,7-8H,1-3,6,11H2. The second kappa shape index (κ2) is 3.68. The molecule has 1 aliphatic rings. The first kappa shape index (κ1) is 9.03. The molecule has 1 aliphatic carbocycles. The second-order valence-corrected chi connectivity index (χ2v) is 4.07. The summed E-state index contributed by atoms with van der Waals surface area (Å²) in [6.07, 6.45) is 6.20. The Labute approximate surface area is 82.9 Å². The third-order valence-corrected chi connectivity index (χ3v) is 2.95. The van der Waals surface area contributed by atoms with Gasteiger partial charge in [0.15, 0.2) is 0 Å². The summed E-state index contributed by atoms with van der Waals surface area (Å²) in [4.78, 5) is 0. The van der Waals surface area contributed by atoms with Gasteiger partial charge < -0.3 is 5.73 Å². The van der Waals surface area contributed by atoms with E-state index in [1.165, 1.54) is 6.42 Å². The smallest absolute Gasteiger partial charge is 0.127 e. The van der Waals surface area contributed by atoms with Crippen LogP contribution < -0.4 is 5.73 Å². The van der Waals surface area contributed by atoms with Crippen LogP contribution in [-0.2, 0) is 0 Å². The largest absolute Gasteiger partial charge is 0.328 e. The number of hydrogen-bond donors (Lipinski definition) is 1. The molecule has 0 spiro atoms. The summed E-state index contributed by atoms with van der Waals surface area (Å²) in [6, 6.07) is 2.55. The van der Waals surface area contributed by atoms with Gasteiger partial charge in [-0.2, -0.15) is 5.10 Å². The summed E-state index contributed by atoms with van der Waals surface area (Å²) in [5, 5.41) is 4.92. The summed E-state index contributed by atoms with van der Waals surface area (Å²) in [5.74, 6) is 0. The maximum Gasteiger partial charge on any atom is 0.127 e. The van der Waals surface area contributed by atoms with Crippen molar-refractivity contribution in [1.29, 1.82) is 0 Å². The van der Waals surface area contributed by atoms with Crippen molar-refractivity contribution in [3.63, 3.8) is 0 Å². The lowest BCUT2D eigenvalue weighted by Crippen LogP contribution is -2.29. The van der Waals surface area contributed by atoms with Crippen LogP contribution in [0.4, 0.5) is 0 Å². The van der Waals surface area contributed by atoms with Crippen LogP contribution in [0, 0.1) is 0 Å². The first-order valence-corrected chi connectivity index (χ1v) is 5.10. The third kappa shape index (κ3) is 1.86. The van der Waals surface area contributed by atoms with Gasteiger partial charge in [0.25, 0.3) is 0 Å². The Morgan fingerprint density at radius 1 is 1.54 bits per heavy atom. The van der Waals surface area contributed by atoms with Crippen LogP contribution in [0.15, 0.2) is 12.3 Å². The fraction of sp³-hybridized carbons (Fsp3) is 0.667. The van der Waals surface area contributed by atoms with Gasteiger partial charge in [0, 0.05) is 6.04 Å². The quantitative estimate of drug-likeness (QED) is 0.752. The fourth-order valence-corrected chi connectivity index (χ4v) is 2.23. The first-order valence-electron chi connectivity index (χ1n) is 4.72. The molecular formula is C9H14ClN3. The molecule has 2 unspecified atom stereocenters. The van der Waals surface area contributed by atoms with Crippen LogP contribution in [-0.4, -0.2) is 15.8 Å². The van der Waals surface area contributed by atoms with E-state index in [-0.39, 0.29) is 0 Å². The first-order chi connectivity index (χ1) is 6.27. The van der Waals surface area contributed by atoms with E-state index < -0.39 is 0 Å². The van der Waals surface area contributed by atoms with Crippen LogP contribution >= 0.6 is 11.6 Å². The van der Waals surface area contributed by atoms with E-state index in [1.807, 2.05) is 10.7 Å². The molecule has 13 heavy (non-hydrogen) atoms. The Kier molecular flexibility index (Phi) is 2.56. The van der Waals surface area contributed by atoms with Gasteiger partial charge in [-0.1, -0.05) is 11.6 Å². The molecule has 2 atom stereocenters. The number of rotatable bonds is 1. The molecule has 0 aliphatic heterocycles. The van der Waals surface area contributed by atoms with Crippen LogP contribution in [0.2, 0.25) is 5.15 Å². The van der Waals surface area contributed by atoms with E-state index in [0.717, 1.165) is 24.4 Å². The lowest BCUT2D eigenvalue weighted by Gasteiger charge is -2.27. The van der Waals surface area contributed by atoms with Gasteiger partial charge >= 0.3 is 0 Å². The molecule has 0 amide bonds. The number of aromatic nitrogens is 2. The molecular weight excluding hydrogens is 186 g/mol. The van der Waals surface area contributed by atoms with Crippen LogP contribution in [0.5, 0.6) is 0 Å². The molecule has 4 heteroatoms. The summed E-state index contributed by atoms with van der Waals surface area (Å²) in [6.45, 7) is 0. The third-order valence-electron chi connectivity index (χ3n) is 2.65. The van der Waals surface area contributed by atoms with Gasteiger partial charge in [-0.15, -0.1) is 0 Å². The maximum atomic E-state index is 5.98. The molecule has 1 heterocycles. The van der Waals surface area contributed by atoms with Gasteiger partial charge in [0.2, 0.25) is 0 Å². The van der Waals surface area contributed by atoms with E-state index in [4.69, 9.17) is 17.3 Å². The predicted molar refractivity (Wildman–Crippen MR) is 52.7 cm³/mol. The molecule has 1 fully saturated rings. The van der Waals surface area contributed by atoms with Crippen molar-refractivity contribution in [2.45, 2.75) is 37.8 Å². The van der Waals surface area contributed by atoms with E-state index >= 15 is 0 Å². The number of hydrogen-bond acceptors (Lipinski definition) is 2. The maximum absolute atomic E-state index is 5.98. The Balaban J connectivity index is 2.12. The molecule has 0 aromatic carbocycles. The summed E-state index contributed by atoms with van der Waals surface area (Å²) >= 11 is 5.98. The van der Waals surface area contributed by atoms with Gasteiger partial charge in [-0.3, -0.25) is 4.68 Å². The van der Waals surface area contributed by atoms with Gasteiger partial charge in [-0.25, -0.2) is 0 Å². The highest BCUT2D eigenvalue weighted by molar-refractivity contribution is 6.29. The highest BCUT2D eigenvalue weighted by Gasteiger charge is 2.22. The molecule has 1 saturated carbocycles. The predicted octanol–water partition coefficient (Wildman–Crippen LogP) is 1.98. The number of nitrogens with zero attached hydrogens (tertiary/aromatic N) is 2. The fourth-order valence-electron chi connectivity index (χ4n) is 1.99. The Bertz CT molecular complexity index is 284. The molecule has 0 saturated heterocycles. The molecule has 2 rings (SSSR count). The lowest BCUT2D eigenvalue weighted by atomic mass is 9.92. The summed E-state index contributed by atoms with van der Waals surface area (Å²) in [7, 11) is 0. The Hall–Kier alpha value is -0.540. The SMILES string of the molecule is NC1CCCC(n2nccc2Cl)C1. The van der Waals surface area contributed by atoms with Crippen molar-refractivity contribution >= 4 is 11.6 Å². The van der Waals surface area contributed by atoms with E-state index in [2.05, 4.69) is 5.10 Å². The zero-order valence-corrected chi connectivity index (χ0v) is 8.24. The molecule has 1 aromatic heterocycles. The van der Waals surface area contributed by atoms with E-state index in [1.54, 1.807) is 6.20 Å². The van der Waals surface area contributed by atoms with Crippen molar-refractivity contribution in [1.82, 2.24) is 9.78 Å². The van der Waals surface area contributed by atoms with Crippen molar-refractivity contribution in [3.05, 3.63) is 17.4 Å². The normalized spacial score (nSPS) is 29.1. The molecule has 0 radical (unpaired) electrons. The molecule has 2 N–H and O–H groups in total. The molecule has 3 nitrogen and oxygen atoms in total. The van der Waals surface area contributed by atoms with Crippen molar-refractivity contribution in [2.24, 2.45) is 5.73 Å². The number of nitrogens with two attached hydrogens (primary N) is 1. The molecule has 72 valence electrons. The van der Waals surface area contributed by atoms with Crippen LogP contribution in [0.3, 0.4) is 0 Å². The minimum atomic E-state index is 0.319. The Morgan fingerprint density at radius 2 is 2.38 bits per heavy atom. The van der Waals surface area contributed by atoms with Crippen LogP contribution in [0.1, 0.15) is 31.7 Å². The average Bonchev–Trinajstić information content (AvgIpc) is 2.51. The van der Waals surface area contributed by atoms with E-state index in [0.29, 0.717) is 12.1 Å². The van der Waals surface area contributed by atoms with Gasteiger partial charge in [0.05, 0.1) is 12.2 Å². The van der Waals surface area contributed by atoms with Crippen molar-refractivity contribution in [2.75, 3.05) is 0 Å². The number of halogens is 1. The highest BCUT2D eigenvalue weighted by atomic mass is 35.5. The zero-order valence-electron chi connectivity index (χ0n) is 7.49. The van der Waals surface area contributed by atoms with Crippen molar-refractivity contribution < 1.29 is 0 Å². The zero-order chi connectivity index (χ0) is 9.26. The van der Waals surface area contributed by atoms with Crippen LogP contribution in [0.25, 0.3) is 0 Å². The molecule has 1 aromatic rings. The van der Waals surface area contributed by atoms with Gasteiger partial charge in [0.1, 0.15) is 5.15 Å².